The molecule has 168 valence electrons. The molecule has 0 radical (unpaired) electrons. The van der Waals surface area contributed by atoms with E-state index < -0.39 is 0 Å². The van der Waals surface area contributed by atoms with Gasteiger partial charge in [0.2, 0.25) is 5.88 Å². The minimum atomic E-state index is -0.179. The molecular formula is C28H18ClN5O. The first kappa shape index (κ1) is 20.1. The first-order valence-electron chi connectivity index (χ1n) is 11.3. The number of aryl methyl sites for hydroxylation is 1. The zero-order chi connectivity index (χ0) is 23.5. The maximum atomic E-state index is 6.46. The van der Waals surface area contributed by atoms with Crippen LogP contribution in [0.15, 0.2) is 85.2 Å². The van der Waals surface area contributed by atoms with Crippen LogP contribution in [-0.2, 0) is 0 Å². The predicted molar refractivity (Wildman–Crippen MR) is 135 cm³/mol. The van der Waals surface area contributed by atoms with Crippen molar-refractivity contribution in [1.29, 1.82) is 0 Å². The minimum absolute atomic E-state index is 0.179. The summed E-state index contributed by atoms with van der Waals surface area (Å²) in [4.78, 5) is 14.4. The van der Waals surface area contributed by atoms with Crippen LogP contribution in [0.4, 0.5) is 0 Å². The predicted octanol–water partition coefficient (Wildman–Crippen LogP) is 6.59. The van der Waals surface area contributed by atoms with Crippen LogP contribution >= 0.6 is 11.6 Å². The molecule has 6 nitrogen and oxygen atoms in total. The van der Waals surface area contributed by atoms with E-state index in [2.05, 4.69) is 23.2 Å². The van der Waals surface area contributed by atoms with E-state index in [0.717, 1.165) is 44.6 Å². The molecule has 7 heteroatoms. The van der Waals surface area contributed by atoms with Crippen LogP contribution in [0.5, 0.6) is 11.6 Å². The fourth-order valence-electron chi connectivity index (χ4n) is 4.77. The highest BCUT2D eigenvalue weighted by Crippen LogP contribution is 2.50. The van der Waals surface area contributed by atoms with Crippen molar-refractivity contribution in [2.24, 2.45) is 0 Å². The Kier molecular flexibility index (Phi) is 4.38. The molecule has 1 atom stereocenters. The SMILES string of the molecule is Cc1ccc2ccc3c(c2n1)Oc1ncn2nc(-c4ccccc4)nc2c1C3c1ccc(Cl)cc1. The van der Waals surface area contributed by atoms with Crippen LogP contribution < -0.4 is 4.74 Å². The molecule has 0 amide bonds. The van der Waals surface area contributed by atoms with Crippen LogP contribution in [0.3, 0.4) is 0 Å². The van der Waals surface area contributed by atoms with Gasteiger partial charge >= 0.3 is 0 Å². The Hall–Kier alpha value is -4.29. The molecule has 0 spiro atoms. The zero-order valence-corrected chi connectivity index (χ0v) is 19.4. The third-order valence-electron chi connectivity index (χ3n) is 6.41. The van der Waals surface area contributed by atoms with Gasteiger partial charge in [-0.15, -0.1) is 5.10 Å². The summed E-state index contributed by atoms with van der Waals surface area (Å²) in [5, 5.41) is 6.40. The van der Waals surface area contributed by atoms with Gasteiger partial charge in [-0.25, -0.2) is 19.5 Å². The van der Waals surface area contributed by atoms with Gasteiger partial charge in [0.05, 0.1) is 5.56 Å². The highest BCUT2D eigenvalue weighted by molar-refractivity contribution is 6.30. The summed E-state index contributed by atoms with van der Waals surface area (Å²) >= 11 is 6.24. The Bertz CT molecular complexity index is 1750. The number of ether oxygens (including phenoxy) is 1. The van der Waals surface area contributed by atoms with E-state index in [0.29, 0.717) is 22.4 Å². The third kappa shape index (κ3) is 3.18. The van der Waals surface area contributed by atoms with E-state index in [9.17, 15) is 0 Å². The number of hydrogen-bond acceptors (Lipinski definition) is 5. The lowest BCUT2D eigenvalue weighted by Crippen LogP contribution is -2.15. The molecule has 1 aliphatic heterocycles. The standard InChI is InChI=1S/C28H18ClN5O/c1-16-7-8-18-11-14-21-22(17-9-12-20(29)13-10-17)23-27-32-26(19-5-3-2-4-6-19)33-34(27)15-30-28(23)35-25(21)24(18)31-16/h2-15,22H,1H3. The maximum Gasteiger partial charge on any atom is 0.228 e. The molecule has 0 N–H and O–H groups in total. The Labute approximate surface area is 205 Å². The summed E-state index contributed by atoms with van der Waals surface area (Å²) in [6, 6.07) is 26.1. The fourth-order valence-corrected chi connectivity index (χ4v) is 4.89. The third-order valence-corrected chi connectivity index (χ3v) is 6.66. The Morgan fingerprint density at radius 3 is 2.51 bits per heavy atom. The Morgan fingerprint density at radius 1 is 0.886 bits per heavy atom. The molecule has 0 saturated heterocycles. The van der Waals surface area contributed by atoms with Gasteiger partial charge in [0.1, 0.15) is 11.8 Å². The summed E-state index contributed by atoms with van der Waals surface area (Å²) < 4.78 is 8.19. The molecule has 7 rings (SSSR count). The lowest BCUT2D eigenvalue weighted by Gasteiger charge is -2.28. The number of aromatic nitrogens is 5. The molecule has 35 heavy (non-hydrogen) atoms. The number of halogens is 1. The van der Waals surface area contributed by atoms with Crippen LogP contribution in [0.1, 0.15) is 28.3 Å². The normalized spacial score (nSPS) is 14.5. The van der Waals surface area contributed by atoms with Crippen LogP contribution in [0.25, 0.3) is 27.9 Å². The smallest absolute Gasteiger partial charge is 0.228 e. The summed E-state index contributed by atoms with van der Waals surface area (Å²) in [5.74, 6) is 1.69. The number of hydrogen-bond donors (Lipinski definition) is 0. The van der Waals surface area contributed by atoms with Gasteiger partial charge in [-0.1, -0.05) is 72.3 Å². The lowest BCUT2D eigenvalue weighted by atomic mass is 9.83. The summed E-state index contributed by atoms with van der Waals surface area (Å²) in [5.41, 5.74) is 6.32. The molecule has 1 aliphatic rings. The van der Waals surface area contributed by atoms with E-state index in [1.165, 1.54) is 0 Å². The molecule has 4 heterocycles. The van der Waals surface area contributed by atoms with Crippen molar-refractivity contribution < 1.29 is 4.74 Å². The maximum absolute atomic E-state index is 6.46. The Morgan fingerprint density at radius 2 is 1.69 bits per heavy atom. The zero-order valence-electron chi connectivity index (χ0n) is 18.7. The van der Waals surface area contributed by atoms with E-state index in [-0.39, 0.29) is 5.92 Å². The van der Waals surface area contributed by atoms with E-state index >= 15 is 0 Å². The topological polar surface area (TPSA) is 65.2 Å². The lowest BCUT2D eigenvalue weighted by molar-refractivity contribution is 0.436. The van der Waals surface area contributed by atoms with Crippen molar-refractivity contribution in [2.45, 2.75) is 12.8 Å². The van der Waals surface area contributed by atoms with E-state index in [1.54, 1.807) is 10.8 Å². The Balaban J connectivity index is 1.52. The molecule has 6 aromatic rings. The van der Waals surface area contributed by atoms with Gasteiger partial charge in [0, 0.05) is 33.1 Å². The number of pyridine rings is 1. The van der Waals surface area contributed by atoms with Crippen molar-refractivity contribution in [3.63, 3.8) is 0 Å². The second-order valence-electron chi connectivity index (χ2n) is 8.63. The number of benzene rings is 3. The number of fused-ring (bicyclic) bond motifs is 6. The monoisotopic (exact) mass is 475 g/mol. The number of rotatable bonds is 2. The molecule has 0 bridgehead atoms. The largest absolute Gasteiger partial charge is 0.436 e. The molecule has 0 aliphatic carbocycles. The van der Waals surface area contributed by atoms with Gasteiger partial charge in [0.25, 0.3) is 0 Å². The fraction of sp³-hybridized carbons (Fsp3) is 0.0714. The first-order chi connectivity index (χ1) is 17.2. The van der Waals surface area contributed by atoms with Gasteiger partial charge in [0.15, 0.2) is 17.2 Å². The van der Waals surface area contributed by atoms with Crippen LogP contribution in [-0.4, -0.2) is 24.6 Å². The number of nitrogens with zero attached hydrogens (tertiary/aromatic N) is 5. The van der Waals surface area contributed by atoms with Gasteiger partial charge in [-0.2, -0.15) is 0 Å². The molecule has 3 aromatic heterocycles. The van der Waals surface area contributed by atoms with E-state index in [4.69, 9.17) is 31.4 Å². The van der Waals surface area contributed by atoms with Crippen molar-refractivity contribution >= 4 is 28.2 Å². The average Bonchev–Trinajstić information content (AvgIpc) is 3.33. The van der Waals surface area contributed by atoms with Gasteiger partial charge in [-0.05, 0) is 30.7 Å². The first-order valence-corrected chi connectivity index (χ1v) is 11.7. The quantitative estimate of drug-likeness (QED) is 0.282. The summed E-state index contributed by atoms with van der Waals surface area (Å²) in [6.07, 6.45) is 1.65. The van der Waals surface area contributed by atoms with Crippen molar-refractivity contribution in [3.8, 4) is 23.0 Å². The molecule has 3 aromatic carbocycles. The van der Waals surface area contributed by atoms with E-state index in [1.807, 2.05) is 67.6 Å². The molecular weight excluding hydrogens is 458 g/mol. The van der Waals surface area contributed by atoms with Gasteiger partial charge < -0.3 is 4.74 Å². The van der Waals surface area contributed by atoms with Crippen molar-refractivity contribution in [3.05, 3.63) is 113 Å². The highest BCUT2D eigenvalue weighted by Gasteiger charge is 2.34. The van der Waals surface area contributed by atoms with Gasteiger partial charge in [-0.3, -0.25) is 0 Å². The second kappa shape index (κ2) is 7.61. The van der Waals surface area contributed by atoms with Crippen molar-refractivity contribution in [2.75, 3.05) is 0 Å². The highest BCUT2D eigenvalue weighted by atomic mass is 35.5. The summed E-state index contributed by atoms with van der Waals surface area (Å²) in [6.45, 7) is 1.98. The average molecular weight is 476 g/mol. The molecule has 0 saturated carbocycles. The molecule has 1 unspecified atom stereocenters. The molecule has 0 fully saturated rings. The van der Waals surface area contributed by atoms with Crippen LogP contribution in [0, 0.1) is 6.92 Å². The van der Waals surface area contributed by atoms with Crippen molar-refractivity contribution in [1.82, 2.24) is 24.6 Å². The van der Waals surface area contributed by atoms with Crippen LogP contribution in [0.2, 0.25) is 5.02 Å². The second-order valence-corrected chi connectivity index (χ2v) is 9.06. The minimum Gasteiger partial charge on any atom is -0.436 e. The summed E-state index contributed by atoms with van der Waals surface area (Å²) in [7, 11) is 0.